The van der Waals surface area contributed by atoms with Crippen LogP contribution in [0.5, 0.6) is 0 Å². The van der Waals surface area contributed by atoms with Crippen molar-refractivity contribution in [2.24, 2.45) is 0 Å². The molecule has 16 heavy (non-hydrogen) atoms. The maximum Gasteiger partial charge on any atom is 0.310 e. The molecule has 0 aliphatic rings. The van der Waals surface area contributed by atoms with Gasteiger partial charge in [0.2, 0.25) is 0 Å². The van der Waals surface area contributed by atoms with Crippen molar-refractivity contribution in [1.82, 2.24) is 4.98 Å². The van der Waals surface area contributed by atoms with Crippen LogP contribution >= 0.6 is 0 Å². The lowest BCUT2D eigenvalue weighted by Crippen LogP contribution is -2.11. The number of aryl methyl sites for hydroxylation is 1. The number of rotatable bonds is 3. The molecule has 6 heteroatoms. The van der Waals surface area contributed by atoms with Crippen LogP contribution in [0.2, 0.25) is 0 Å². The first-order valence-corrected chi connectivity index (χ1v) is 4.46. The van der Waals surface area contributed by atoms with Crippen LogP contribution in [0.25, 0.3) is 0 Å². The first-order chi connectivity index (χ1) is 7.47. The average Bonchev–Trinajstić information content (AvgIpc) is 2.24. The van der Waals surface area contributed by atoms with E-state index in [1.807, 2.05) is 0 Å². The van der Waals surface area contributed by atoms with Crippen LogP contribution < -0.4 is 0 Å². The van der Waals surface area contributed by atoms with Crippen molar-refractivity contribution in [2.45, 2.75) is 19.8 Å². The van der Waals surface area contributed by atoms with E-state index in [1.165, 1.54) is 6.92 Å². The zero-order valence-electron chi connectivity index (χ0n) is 8.76. The first-order valence-electron chi connectivity index (χ1n) is 4.46. The summed E-state index contributed by atoms with van der Waals surface area (Å²) in [6, 6.07) is 0. The summed E-state index contributed by atoms with van der Waals surface area (Å²) in [6.07, 6.45) is -2.45. The number of hydrogen-bond acceptors (Lipinski definition) is 3. The van der Waals surface area contributed by atoms with Gasteiger partial charge in [-0.1, -0.05) is 0 Å². The van der Waals surface area contributed by atoms with Gasteiger partial charge in [0.15, 0.2) is 0 Å². The largest absolute Gasteiger partial charge is 0.469 e. The highest BCUT2D eigenvalue weighted by Gasteiger charge is 2.22. The second-order valence-corrected chi connectivity index (χ2v) is 3.17. The summed E-state index contributed by atoms with van der Waals surface area (Å²) in [7, 11) is 1.10. The zero-order valence-corrected chi connectivity index (χ0v) is 8.76. The first kappa shape index (κ1) is 12.5. The van der Waals surface area contributed by atoms with E-state index in [4.69, 9.17) is 0 Å². The van der Waals surface area contributed by atoms with Crippen LogP contribution in [-0.4, -0.2) is 18.1 Å². The van der Waals surface area contributed by atoms with Crippen LogP contribution in [-0.2, 0) is 16.0 Å². The van der Waals surface area contributed by atoms with E-state index in [2.05, 4.69) is 9.72 Å². The van der Waals surface area contributed by atoms with Crippen molar-refractivity contribution in [3.63, 3.8) is 0 Å². The number of alkyl halides is 2. The Kier molecular flexibility index (Phi) is 3.87. The van der Waals surface area contributed by atoms with Gasteiger partial charge in [-0.3, -0.25) is 9.78 Å². The van der Waals surface area contributed by atoms with Gasteiger partial charge in [-0.25, -0.2) is 13.2 Å². The lowest BCUT2D eigenvalue weighted by atomic mass is 10.1. The molecule has 88 valence electrons. The quantitative estimate of drug-likeness (QED) is 0.751. The molecule has 0 amide bonds. The molecule has 1 heterocycles. The molecular weight excluding hydrogens is 223 g/mol. The summed E-state index contributed by atoms with van der Waals surface area (Å²) < 4.78 is 42.9. The molecule has 1 rings (SSSR count). The lowest BCUT2D eigenvalue weighted by Gasteiger charge is -2.09. The van der Waals surface area contributed by atoms with Gasteiger partial charge in [0.25, 0.3) is 6.43 Å². The van der Waals surface area contributed by atoms with Gasteiger partial charge in [0.1, 0.15) is 11.5 Å². The molecule has 0 saturated carbocycles. The molecule has 0 spiro atoms. The molecule has 1 aromatic heterocycles. The molecule has 0 aliphatic heterocycles. The Bertz CT molecular complexity index is 407. The zero-order chi connectivity index (χ0) is 12.3. The van der Waals surface area contributed by atoms with Gasteiger partial charge in [-0.05, 0) is 6.92 Å². The van der Waals surface area contributed by atoms with Crippen molar-refractivity contribution < 1.29 is 22.7 Å². The molecule has 0 fully saturated rings. The van der Waals surface area contributed by atoms with E-state index in [0.29, 0.717) is 0 Å². The Balaban J connectivity index is 3.20. The standard InChI is InChI=1S/C10H10F3NO2/c1-5-4-14-9(10(12)13)6(8(5)11)3-7(15)16-2/h4,10H,3H2,1-2H3. The molecular formula is C10H10F3NO2. The molecule has 0 radical (unpaired) electrons. The number of halogens is 3. The van der Waals surface area contributed by atoms with Gasteiger partial charge >= 0.3 is 5.97 Å². The Labute approximate surface area is 90.2 Å². The summed E-state index contributed by atoms with van der Waals surface area (Å²) in [5.41, 5.74) is -1.00. The maximum atomic E-state index is 13.5. The van der Waals surface area contributed by atoms with E-state index in [1.54, 1.807) is 0 Å². The fourth-order valence-corrected chi connectivity index (χ4v) is 1.22. The van der Waals surface area contributed by atoms with Gasteiger partial charge in [-0.2, -0.15) is 0 Å². The fourth-order valence-electron chi connectivity index (χ4n) is 1.22. The van der Waals surface area contributed by atoms with E-state index >= 15 is 0 Å². The molecule has 0 atom stereocenters. The van der Waals surface area contributed by atoms with Crippen molar-refractivity contribution >= 4 is 5.97 Å². The van der Waals surface area contributed by atoms with E-state index in [0.717, 1.165) is 13.3 Å². The van der Waals surface area contributed by atoms with Gasteiger partial charge in [0, 0.05) is 17.3 Å². The summed E-state index contributed by atoms with van der Waals surface area (Å²) >= 11 is 0. The third kappa shape index (κ3) is 2.50. The highest BCUT2D eigenvalue weighted by Crippen LogP contribution is 2.24. The number of methoxy groups -OCH3 is 1. The van der Waals surface area contributed by atoms with Gasteiger partial charge in [-0.15, -0.1) is 0 Å². The van der Waals surface area contributed by atoms with E-state index in [-0.39, 0.29) is 5.56 Å². The molecule has 0 aliphatic carbocycles. The van der Waals surface area contributed by atoms with Crippen LogP contribution in [0.15, 0.2) is 6.20 Å². The maximum absolute atomic E-state index is 13.5. The summed E-state index contributed by atoms with van der Waals surface area (Å²) in [5.74, 6) is -1.62. The minimum absolute atomic E-state index is 0.114. The average molecular weight is 233 g/mol. The van der Waals surface area contributed by atoms with Crippen LogP contribution in [0, 0.1) is 12.7 Å². The number of carbonyl (C=O) groups excluding carboxylic acids is 1. The monoisotopic (exact) mass is 233 g/mol. The number of carbonyl (C=O) groups is 1. The number of esters is 1. The molecule has 1 aromatic rings. The number of nitrogens with zero attached hydrogens (tertiary/aromatic N) is 1. The molecule has 3 nitrogen and oxygen atoms in total. The van der Waals surface area contributed by atoms with E-state index in [9.17, 15) is 18.0 Å². The number of hydrogen-bond donors (Lipinski definition) is 0. The molecule has 0 aromatic carbocycles. The topological polar surface area (TPSA) is 39.2 Å². The predicted molar refractivity (Wildman–Crippen MR) is 49.6 cm³/mol. The lowest BCUT2D eigenvalue weighted by molar-refractivity contribution is -0.139. The number of aromatic nitrogens is 1. The molecule has 0 bridgehead atoms. The Morgan fingerprint density at radius 2 is 2.19 bits per heavy atom. The number of ether oxygens (including phenoxy) is 1. The SMILES string of the molecule is COC(=O)Cc1c(C(F)F)ncc(C)c1F. The van der Waals surface area contributed by atoms with E-state index < -0.39 is 35.9 Å². The minimum Gasteiger partial charge on any atom is -0.469 e. The normalized spacial score (nSPS) is 10.6. The third-order valence-electron chi connectivity index (χ3n) is 2.07. The molecule has 0 unspecified atom stereocenters. The fraction of sp³-hybridized carbons (Fsp3) is 0.400. The van der Waals surface area contributed by atoms with Crippen molar-refractivity contribution in [2.75, 3.05) is 7.11 Å². The third-order valence-corrected chi connectivity index (χ3v) is 2.07. The highest BCUT2D eigenvalue weighted by molar-refractivity contribution is 5.72. The molecule has 0 N–H and O–H groups in total. The summed E-state index contributed by atoms with van der Waals surface area (Å²) in [5, 5.41) is 0. The van der Waals surface area contributed by atoms with Gasteiger partial charge in [0.05, 0.1) is 13.5 Å². The van der Waals surface area contributed by atoms with Crippen LogP contribution in [0.4, 0.5) is 13.2 Å². The predicted octanol–water partition coefficient (Wildman–Crippen LogP) is 2.18. The van der Waals surface area contributed by atoms with Crippen LogP contribution in [0.3, 0.4) is 0 Å². The molecule has 0 saturated heterocycles. The minimum atomic E-state index is -2.92. The Hall–Kier alpha value is -1.59. The number of pyridine rings is 1. The highest BCUT2D eigenvalue weighted by atomic mass is 19.3. The van der Waals surface area contributed by atoms with Gasteiger partial charge < -0.3 is 4.74 Å². The smallest absolute Gasteiger partial charge is 0.310 e. The second kappa shape index (κ2) is 4.96. The second-order valence-electron chi connectivity index (χ2n) is 3.17. The summed E-state index contributed by atoms with van der Waals surface area (Å²) in [6.45, 7) is 1.39. The summed E-state index contributed by atoms with van der Waals surface area (Å²) in [4.78, 5) is 14.4. The van der Waals surface area contributed by atoms with Crippen LogP contribution in [0.1, 0.15) is 23.2 Å². The van der Waals surface area contributed by atoms with Crippen molar-refractivity contribution in [1.29, 1.82) is 0 Å². The van der Waals surface area contributed by atoms with Crippen molar-refractivity contribution in [3.05, 3.63) is 28.8 Å². The Morgan fingerprint density at radius 1 is 1.56 bits per heavy atom. The van der Waals surface area contributed by atoms with Crippen molar-refractivity contribution in [3.8, 4) is 0 Å². The Morgan fingerprint density at radius 3 is 2.69 bits per heavy atom.